The van der Waals surface area contributed by atoms with E-state index in [1.54, 1.807) is 13.2 Å². The minimum atomic E-state index is -3.19. The molecule has 132 valence electrons. The zero-order chi connectivity index (χ0) is 17.2. The molecule has 2 aliphatic heterocycles. The average Bonchev–Trinajstić information content (AvgIpc) is 2.69. The smallest absolute Gasteiger partial charge is 0.157 e. The molecule has 0 saturated carbocycles. The maximum atomic E-state index is 12.7. The van der Waals surface area contributed by atoms with Gasteiger partial charge < -0.3 is 14.6 Å². The molecule has 3 unspecified atom stereocenters. The van der Waals surface area contributed by atoms with E-state index < -0.39 is 26.8 Å². The molecule has 0 bridgehead atoms. The van der Waals surface area contributed by atoms with Crippen molar-refractivity contribution in [2.75, 3.05) is 18.6 Å². The Morgan fingerprint density at radius 3 is 3.00 bits per heavy atom. The van der Waals surface area contributed by atoms with Gasteiger partial charge in [-0.05, 0) is 29.8 Å². The maximum absolute atomic E-state index is 12.7. The molecule has 4 atom stereocenters. The SMILES string of the molecule is COC1=C2OC3C[C@@H](O)C=CC34CCCS(=O)(=O)CC24CC(Br)=C1. The van der Waals surface area contributed by atoms with Crippen LogP contribution in [0, 0.1) is 10.8 Å². The van der Waals surface area contributed by atoms with E-state index in [2.05, 4.69) is 15.9 Å². The summed E-state index contributed by atoms with van der Waals surface area (Å²) in [4.78, 5) is 0. The number of halogens is 1. The van der Waals surface area contributed by atoms with Gasteiger partial charge in [-0.2, -0.15) is 0 Å². The molecule has 0 aromatic heterocycles. The Bertz CT molecular complexity index is 768. The molecule has 4 rings (SSSR count). The van der Waals surface area contributed by atoms with Crippen molar-refractivity contribution in [3.05, 3.63) is 34.2 Å². The lowest BCUT2D eigenvalue weighted by atomic mass is 9.56. The molecule has 4 aliphatic rings. The van der Waals surface area contributed by atoms with Gasteiger partial charge in [-0.1, -0.05) is 28.1 Å². The van der Waals surface area contributed by atoms with Crippen LogP contribution in [0.4, 0.5) is 0 Å². The summed E-state index contributed by atoms with van der Waals surface area (Å²) in [5.41, 5.74) is -1.08. The third-order valence-electron chi connectivity index (χ3n) is 5.95. The Morgan fingerprint density at radius 1 is 1.46 bits per heavy atom. The first-order chi connectivity index (χ1) is 11.3. The second kappa shape index (κ2) is 5.35. The van der Waals surface area contributed by atoms with Crippen LogP contribution in [0.5, 0.6) is 0 Å². The fourth-order valence-corrected chi connectivity index (χ4v) is 7.66. The summed E-state index contributed by atoms with van der Waals surface area (Å²) < 4.78 is 38.1. The van der Waals surface area contributed by atoms with Gasteiger partial charge in [0.25, 0.3) is 0 Å². The Balaban J connectivity index is 1.98. The van der Waals surface area contributed by atoms with Crippen LogP contribution in [0.15, 0.2) is 34.2 Å². The third-order valence-corrected chi connectivity index (χ3v) is 8.30. The van der Waals surface area contributed by atoms with E-state index in [-0.39, 0.29) is 17.6 Å². The molecule has 0 amide bonds. The fraction of sp³-hybridized carbons (Fsp3) is 0.647. The number of methoxy groups -OCH3 is 1. The zero-order valence-electron chi connectivity index (χ0n) is 13.5. The highest BCUT2D eigenvalue weighted by atomic mass is 79.9. The van der Waals surface area contributed by atoms with Crippen molar-refractivity contribution in [1.29, 1.82) is 0 Å². The van der Waals surface area contributed by atoms with Crippen molar-refractivity contribution in [1.82, 2.24) is 0 Å². The molecule has 7 heteroatoms. The molecule has 2 aliphatic carbocycles. The number of aliphatic hydroxyl groups is 1. The third kappa shape index (κ3) is 2.17. The first-order valence-corrected chi connectivity index (χ1v) is 10.8. The molecule has 1 N–H and O–H groups in total. The highest BCUT2D eigenvalue weighted by Gasteiger charge is 2.68. The van der Waals surface area contributed by atoms with E-state index in [0.717, 1.165) is 10.9 Å². The van der Waals surface area contributed by atoms with Crippen LogP contribution < -0.4 is 0 Å². The number of allylic oxidation sites excluding steroid dienone is 3. The normalized spacial score (nSPS) is 43.0. The zero-order valence-corrected chi connectivity index (χ0v) is 15.9. The van der Waals surface area contributed by atoms with Gasteiger partial charge in [0.05, 0.1) is 30.1 Å². The molecule has 2 heterocycles. The topological polar surface area (TPSA) is 72.8 Å². The van der Waals surface area contributed by atoms with Crippen molar-refractivity contribution in [2.45, 2.75) is 37.9 Å². The molecule has 24 heavy (non-hydrogen) atoms. The van der Waals surface area contributed by atoms with Gasteiger partial charge in [0.15, 0.2) is 15.6 Å². The first-order valence-electron chi connectivity index (χ1n) is 8.21. The van der Waals surface area contributed by atoms with Crippen molar-refractivity contribution in [2.24, 2.45) is 10.8 Å². The number of hydrogen-bond acceptors (Lipinski definition) is 5. The van der Waals surface area contributed by atoms with Crippen molar-refractivity contribution in [3.8, 4) is 0 Å². The minimum Gasteiger partial charge on any atom is -0.493 e. The molecular formula is C17H21BrO5S. The van der Waals surface area contributed by atoms with Gasteiger partial charge in [0, 0.05) is 11.8 Å². The van der Waals surface area contributed by atoms with Crippen LogP contribution in [0.3, 0.4) is 0 Å². The molecule has 0 aromatic carbocycles. The van der Waals surface area contributed by atoms with E-state index in [0.29, 0.717) is 30.8 Å². The molecule has 0 radical (unpaired) electrons. The second-order valence-corrected chi connectivity index (χ2v) is 10.5. The van der Waals surface area contributed by atoms with Gasteiger partial charge in [0.1, 0.15) is 11.9 Å². The van der Waals surface area contributed by atoms with Gasteiger partial charge >= 0.3 is 0 Å². The molecule has 0 aromatic rings. The summed E-state index contributed by atoms with van der Waals surface area (Å²) in [6.07, 6.45) is 7.32. The monoisotopic (exact) mass is 416 g/mol. The van der Waals surface area contributed by atoms with Crippen LogP contribution in [0.1, 0.15) is 25.7 Å². The lowest BCUT2D eigenvalue weighted by Crippen LogP contribution is -2.49. The summed E-state index contributed by atoms with van der Waals surface area (Å²) in [5.74, 6) is 1.49. The Kier molecular flexibility index (Phi) is 3.72. The van der Waals surface area contributed by atoms with Crippen molar-refractivity contribution < 1.29 is 23.0 Å². The number of sulfone groups is 1. The number of aliphatic hydroxyl groups excluding tert-OH is 1. The summed E-state index contributed by atoms with van der Waals surface area (Å²) in [5, 5.41) is 10.1. The summed E-state index contributed by atoms with van der Waals surface area (Å²) in [6.45, 7) is 0. The Labute approximate surface area is 150 Å². The number of ether oxygens (including phenoxy) is 2. The van der Waals surface area contributed by atoms with Gasteiger partial charge in [-0.15, -0.1) is 0 Å². The summed E-state index contributed by atoms with van der Waals surface area (Å²) >= 11 is 3.57. The van der Waals surface area contributed by atoms with Crippen molar-refractivity contribution in [3.63, 3.8) is 0 Å². The van der Waals surface area contributed by atoms with Crippen LogP contribution in [0.2, 0.25) is 0 Å². The Morgan fingerprint density at radius 2 is 2.25 bits per heavy atom. The fourth-order valence-electron chi connectivity index (χ4n) is 4.99. The lowest BCUT2D eigenvalue weighted by Gasteiger charge is -2.45. The second-order valence-electron chi connectivity index (χ2n) is 7.25. The molecule has 5 nitrogen and oxygen atoms in total. The van der Waals surface area contributed by atoms with E-state index in [1.165, 1.54) is 0 Å². The highest BCUT2D eigenvalue weighted by Crippen LogP contribution is 2.67. The largest absolute Gasteiger partial charge is 0.493 e. The molecule has 2 fully saturated rings. The van der Waals surface area contributed by atoms with E-state index in [1.807, 2.05) is 12.2 Å². The minimum absolute atomic E-state index is 0.0576. The molecular weight excluding hydrogens is 396 g/mol. The number of hydrogen-bond donors (Lipinski definition) is 1. The highest BCUT2D eigenvalue weighted by molar-refractivity contribution is 9.11. The first kappa shape index (κ1) is 16.7. The van der Waals surface area contributed by atoms with Gasteiger partial charge in [0.2, 0.25) is 0 Å². The maximum Gasteiger partial charge on any atom is 0.157 e. The van der Waals surface area contributed by atoms with E-state index in [4.69, 9.17) is 9.47 Å². The van der Waals surface area contributed by atoms with Gasteiger partial charge in [-0.25, -0.2) is 8.42 Å². The van der Waals surface area contributed by atoms with Crippen LogP contribution >= 0.6 is 15.9 Å². The Hall–Kier alpha value is -0.790. The van der Waals surface area contributed by atoms with Crippen molar-refractivity contribution >= 4 is 25.8 Å². The average molecular weight is 417 g/mol. The summed E-state index contributed by atoms with van der Waals surface area (Å²) in [7, 11) is -1.62. The predicted molar refractivity (Wildman–Crippen MR) is 93.1 cm³/mol. The quantitative estimate of drug-likeness (QED) is 0.664. The van der Waals surface area contributed by atoms with Crippen LogP contribution in [-0.4, -0.2) is 44.3 Å². The standard InChI is InChI=1S/C17H21BrO5S/c1-22-13-7-11(18)9-17-10-24(20,21)6-2-4-16(17)5-3-12(19)8-14(16)23-15(13)17/h3,5,7,12,14,19H,2,4,6,8-10H2,1H3/t12-,14?,16?,17?/m0/s1. The molecule has 2 saturated heterocycles. The van der Waals surface area contributed by atoms with E-state index in [9.17, 15) is 13.5 Å². The lowest BCUT2D eigenvalue weighted by molar-refractivity contribution is 0.0237. The van der Waals surface area contributed by atoms with E-state index >= 15 is 0 Å². The van der Waals surface area contributed by atoms with Gasteiger partial charge in [-0.3, -0.25) is 0 Å². The van der Waals surface area contributed by atoms with Crippen LogP contribution in [0.25, 0.3) is 0 Å². The summed E-state index contributed by atoms with van der Waals surface area (Å²) in [6, 6.07) is 0. The van der Waals surface area contributed by atoms with Crippen LogP contribution in [-0.2, 0) is 19.3 Å². The number of rotatable bonds is 1. The molecule has 2 spiro atoms. The predicted octanol–water partition coefficient (Wildman–Crippen LogP) is 2.43.